The first-order chi connectivity index (χ1) is 9.17. The lowest BCUT2D eigenvalue weighted by molar-refractivity contribution is 0.187. The summed E-state index contributed by atoms with van der Waals surface area (Å²) in [7, 11) is 0. The molecule has 1 N–H and O–H groups in total. The third kappa shape index (κ3) is 3.85. The molecule has 2 aliphatic heterocycles. The largest absolute Gasteiger partial charge is 0.357 e. The molecule has 0 aromatic carbocycles. The molecule has 0 spiro atoms. The minimum absolute atomic E-state index is 0.480. The second kappa shape index (κ2) is 6.60. The highest BCUT2D eigenvalue weighted by atomic mass is 15.3. The van der Waals surface area contributed by atoms with E-state index in [1.54, 1.807) is 0 Å². The molecule has 0 saturated carbocycles. The molecule has 0 aromatic rings. The average Bonchev–Trinajstić information content (AvgIpc) is 2.74. The van der Waals surface area contributed by atoms with Gasteiger partial charge in [-0.2, -0.15) is 0 Å². The van der Waals surface area contributed by atoms with Gasteiger partial charge in [0.05, 0.1) is 6.54 Å². The van der Waals surface area contributed by atoms with Crippen molar-refractivity contribution in [3.63, 3.8) is 0 Å². The van der Waals surface area contributed by atoms with Crippen LogP contribution in [0, 0.1) is 5.41 Å². The number of nitrogens with zero attached hydrogens (tertiary/aromatic N) is 3. The van der Waals surface area contributed by atoms with Gasteiger partial charge in [-0.1, -0.05) is 13.8 Å². The van der Waals surface area contributed by atoms with Gasteiger partial charge >= 0.3 is 0 Å². The van der Waals surface area contributed by atoms with E-state index in [4.69, 9.17) is 4.99 Å². The Balaban J connectivity index is 1.85. The van der Waals surface area contributed by atoms with E-state index in [1.807, 2.05) is 0 Å². The first kappa shape index (κ1) is 14.6. The number of likely N-dealkylation sites (tertiary alicyclic amines) is 2. The fraction of sp³-hybridized carbons (Fsp3) is 0.933. The van der Waals surface area contributed by atoms with Gasteiger partial charge in [0.2, 0.25) is 0 Å². The lowest BCUT2D eigenvalue weighted by Gasteiger charge is -2.30. The van der Waals surface area contributed by atoms with Gasteiger partial charge in [0.15, 0.2) is 5.96 Å². The maximum Gasteiger partial charge on any atom is 0.193 e. The molecule has 2 saturated heterocycles. The minimum atomic E-state index is 0.480. The Labute approximate surface area is 118 Å². The third-order valence-electron chi connectivity index (χ3n) is 4.67. The zero-order valence-electron chi connectivity index (χ0n) is 12.9. The van der Waals surface area contributed by atoms with E-state index < -0.39 is 0 Å². The molecule has 4 heteroatoms. The van der Waals surface area contributed by atoms with Crippen LogP contribution in [0.4, 0.5) is 0 Å². The molecular weight excluding hydrogens is 236 g/mol. The highest BCUT2D eigenvalue weighted by Crippen LogP contribution is 2.32. The standard InChI is InChI=1S/C15H30N4/c1-4-15(3)7-11-19(13-15)14(16-5-2)17-8-12-18-9-6-10-18/h4-13H2,1-3H3,(H,16,17). The van der Waals surface area contributed by atoms with Crippen molar-refractivity contribution in [2.45, 2.75) is 40.0 Å². The number of nitrogens with one attached hydrogen (secondary N) is 1. The van der Waals surface area contributed by atoms with Gasteiger partial charge in [-0.25, -0.2) is 0 Å². The molecule has 0 amide bonds. The Hall–Kier alpha value is -0.770. The molecule has 0 aliphatic carbocycles. The van der Waals surface area contributed by atoms with Crippen LogP contribution in [0.1, 0.15) is 40.0 Å². The summed E-state index contributed by atoms with van der Waals surface area (Å²) in [6, 6.07) is 0. The summed E-state index contributed by atoms with van der Waals surface area (Å²) in [6.07, 6.45) is 3.92. The van der Waals surface area contributed by atoms with E-state index in [-0.39, 0.29) is 0 Å². The van der Waals surface area contributed by atoms with Crippen LogP contribution in [0.15, 0.2) is 4.99 Å². The molecule has 2 rings (SSSR count). The number of rotatable bonds is 5. The maximum absolute atomic E-state index is 4.81. The van der Waals surface area contributed by atoms with Crippen LogP contribution in [-0.4, -0.2) is 61.6 Å². The number of hydrogen-bond donors (Lipinski definition) is 1. The lowest BCUT2D eigenvalue weighted by atomic mass is 9.87. The summed E-state index contributed by atoms with van der Waals surface area (Å²) in [5, 5.41) is 3.45. The first-order valence-corrected chi connectivity index (χ1v) is 7.92. The minimum Gasteiger partial charge on any atom is -0.357 e. The number of hydrogen-bond acceptors (Lipinski definition) is 2. The molecule has 2 aliphatic rings. The predicted octanol–water partition coefficient (Wildman–Crippen LogP) is 1.78. The van der Waals surface area contributed by atoms with Crippen LogP contribution >= 0.6 is 0 Å². The average molecular weight is 266 g/mol. The van der Waals surface area contributed by atoms with Crippen LogP contribution in [-0.2, 0) is 0 Å². The zero-order chi connectivity index (χ0) is 13.7. The topological polar surface area (TPSA) is 30.9 Å². The number of guanidine groups is 1. The summed E-state index contributed by atoms with van der Waals surface area (Å²) in [4.78, 5) is 9.73. The van der Waals surface area contributed by atoms with Gasteiger partial charge in [0, 0.05) is 26.2 Å². The molecule has 0 aromatic heterocycles. The van der Waals surface area contributed by atoms with Crippen LogP contribution in [0.3, 0.4) is 0 Å². The van der Waals surface area contributed by atoms with Gasteiger partial charge in [-0.15, -0.1) is 0 Å². The highest BCUT2D eigenvalue weighted by molar-refractivity contribution is 5.80. The summed E-state index contributed by atoms with van der Waals surface area (Å²) < 4.78 is 0. The Bertz CT molecular complexity index is 311. The molecule has 1 atom stereocenters. The van der Waals surface area contributed by atoms with Gasteiger partial charge in [0.25, 0.3) is 0 Å². The van der Waals surface area contributed by atoms with Crippen molar-refractivity contribution in [3.05, 3.63) is 0 Å². The quantitative estimate of drug-likeness (QED) is 0.608. The molecule has 0 bridgehead atoms. The van der Waals surface area contributed by atoms with E-state index >= 15 is 0 Å². The van der Waals surface area contributed by atoms with E-state index in [9.17, 15) is 0 Å². The highest BCUT2D eigenvalue weighted by Gasteiger charge is 2.33. The normalized spacial score (nSPS) is 28.6. The van der Waals surface area contributed by atoms with Crippen molar-refractivity contribution >= 4 is 5.96 Å². The molecule has 1 unspecified atom stereocenters. The van der Waals surface area contributed by atoms with Gasteiger partial charge in [-0.3, -0.25) is 4.99 Å². The maximum atomic E-state index is 4.81. The molecule has 110 valence electrons. The van der Waals surface area contributed by atoms with Gasteiger partial charge < -0.3 is 15.1 Å². The third-order valence-corrected chi connectivity index (χ3v) is 4.67. The van der Waals surface area contributed by atoms with E-state index in [0.717, 1.165) is 38.7 Å². The second-order valence-electron chi connectivity index (χ2n) is 6.27. The Morgan fingerprint density at radius 1 is 1.26 bits per heavy atom. The smallest absolute Gasteiger partial charge is 0.193 e. The SMILES string of the molecule is CCNC(=NCCN1CCC1)N1CCC(C)(CC)C1. The Kier molecular flexibility index (Phi) is 5.08. The molecule has 0 radical (unpaired) electrons. The predicted molar refractivity (Wildman–Crippen MR) is 81.6 cm³/mol. The Morgan fingerprint density at radius 2 is 2.05 bits per heavy atom. The molecule has 2 fully saturated rings. The van der Waals surface area contributed by atoms with E-state index in [1.165, 1.54) is 32.4 Å². The van der Waals surface area contributed by atoms with Gasteiger partial charge in [-0.05, 0) is 44.7 Å². The molecule has 4 nitrogen and oxygen atoms in total. The lowest BCUT2D eigenvalue weighted by Crippen LogP contribution is -2.42. The van der Waals surface area contributed by atoms with Crippen molar-refractivity contribution in [3.8, 4) is 0 Å². The molecule has 2 heterocycles. The van der Waals surface area contributed by atoms with Gasteiger partial charge in [0.1, 0.15) is 0 Å². The number of aliphatic imine (C=N–C) groups is 1. The van der Waals surface area contributed by atoms with Crippen LogP contribution in [0.25, 0.3) is 0 Å². The van der Waals surface area contributed by atoms with Crippen molar-refractivity contribution in [2.75, 3.05) is 45.8 Å². The molecule has 19 heavy (non-hydrogen) atoms. The summed E-state index contributed by atoms with van der Waals surface area (Å²) in [6.45, 7) is 14.7. The second-order valence-corrected chi connectivity index (χ2v) is 6.27. The Morgan fingerprint density at radius 3 is 2.58 bits per heavy atom. The van der Waals surface area contributed by atoms with Crippen LogP contribution in [0.2, 0.25) is 0 Å². The van der Waals surface area contributed by atoms with Crippen molar-refractivity contribution in [2.24, 2.45) is 10.4 Å². The van der Waals surface area contributed by atoms with E-state index in [0.29, 0.717) is 5.41 Å². The van der Waals surface area contributed by atoms with Crippen LogP contribution in [0.5, 0.6) is 0 Å². The van der Waals surface area contributed by atoms with Crippen molar-refractivity contribution in [1.29, 1.82) is 0 Å². The fourth-order valence-corrected chi connectivity index (χ4v) is 2.82. The van der Waals surface area contributed by atoms with Crippen LogP contribution < -0.4 is 5.32 Å². The fourth-order valence-electron chi connectivity index (χ4n) is 2.82. The van der Waals surface area contributed by atoms with Crippen molar-refractivity contribution in [1.82, 2.24) is 15.1 Å². The summed E-state index contributed by atoms with van der Waals surface area (Å²) in [5.41, 5.74) is 0.480. The zero-order valence-corrected chi connectivity index (χ0v) is 12.9. The van der Waals surface area contributed by atoms with E-state index in [2.05, 4.69) is 35.9 Å². The monoisotopic (exact) mass is 266 g/mol. The molecular formula is C15H30N4. The summed E-state index contributed by atoms with van der Waals surface area (Å²) in [5.74, 6) is 1.13. The summed E-state index contributed by atoms with van der Waals surface area (Å²) >= 11 is 0. The van der Waals surface area contributed by atoms with Crippen molar-refractivity contribution < 1.29 is 0 Å². The first-order valence-electron chi connectivity index (χ1n) is 7.92.